The molecule has 2 amide bonds. The van der Waals surface area contributed by atoms with Gasteiger partial charge in [0.2, 0.25) is 0 Å². The Morgan fingerprint density at radius 2 is 1.69 bits per heavy atom. The highest BCUT2D eigenvalue weighted by atomic mass is 16.6. The quantitative estimate of drug-likeness (QED) is 0.657. The summed E-state index contributed by atoms with van der Waals surface area (Å²) in [5.74, 6) is 0.481. The molecule has 170 valence electrons. The molecule has 32 heavy (non-hydrogen) atoms. The van der Waals surface area contributed by atoms with E-state index in [2.05, 4.69) is 15.5 Å². The fourth-order valence-corrected chi connectivity index (χ4v) is 3.75. The van der Waals surface area contributed by atoms with E-state index in [0.717, 1.165) is 24.4 Å². The monoisotopic (exact) mass is 441 g/mol. The molecule has 0 spiro atoms. The van der Waals surface area contributed by atoms with Crippen LogP contribution in [0.3, 0.4) is 0 Å². The number of nitrogens with zero attached hydrogens (tertiary/aromatic N) is 1. The van der Waals surface area contributed by atoms with Crippen molar-refractivity contribution in [1.29, 1.82) is 0 Å². The third kappa shape index (κ3) is 5.30. The Labute approximate surface area is 186 Å². The Morgan fingerprint density at radius 3 is 2.41 bits per heavy atom. The van der Waals surface area contributed by atoms with Crippen molar-refractivity contribution in [3.05, 3.63) is 48.0 Å². The van der Waals surface area contributed by atoms with Gasteiger partial charge in [-0.25, -0.2) is 0 Å². The molecule has 0 aromatic heterocycles. The van der Waals surface area contributed by atoms with Gasteiger partial charge in [0.1, 0.15) is 19.0 Å². The normalized spacial score (nSPS) is 16.7. The number of nitrogens with one attached hydrogen (secondary N) is 2. The molecule has 0 bridgehead atoms. The number of morpholine rings is 1. The Hall–Kier alpha value is -3.30. The SMILES string of the molecule is COc1ccc([C@H](CNC(=O)C(=O)Nc2ccc3c(c2)OCCO3)N2CCOCC2)cc1. The summed E-state index contributed by atoms with van der Waals surface area (Å²) in [5.41, 5.74) is 1.49. The Bertz CT molecular complexity index is 943. The lowest BCUT2D eigenvalue weighted by molar-refractivity contribution is -0.136. The molecule has 2 aliphatic heterocycles. The van der Waals surface area contributed by atoms with Crippen LogP contribution in [0.1, 0.15) is 11.6 Å². The van der Waals surface area contributed by atoms with Gasteiger partial charge in [0, 0.05) is 31.4 Å². The van der Waals surface area contributed by atoms with Crippen LogP contribution in [0.5, 0.6) is 17.2 Å². The number of methoxy groups -OCH3 is 1. The van der Waals surface area contributed by atoms with Crippen molar-refractivity contribution in [3.8, 4) is 17.2 Å². The molecule has 0 radical (unpaired) electrons. The standard InChI is InChI=1S/C23H27N3O6/c1-29-18-5-2-16(3-6-18)19(26-8-10-30-11-9-26)15-24-22(27)23(28)25-17-4-7-20-21(14-17)32-13-12-31-20/h2-7,14,19H,8-13,15H2,1H3,(H,24,27)(H,25,28)/t19-/m0/s1. The molecule has 9 heteroatoms. The van der Waals surface area contributed by atoms with E-state index in [1.54, 1.807) is 25.3 Å². The summed E-state index contributed by atoms with van der Waals surface area (Å²) in [6.07, 6.45) is 0. The van der Waals surface area contributed by atoms with E-state index in [1.165, 1.54) is 0 Å². The zero-order valence-corrected chi connectivity index (χ0v) is 18.0. The summed E-state index contributed by atoms with van der Waals surface area (Å²) >= 11 is 0. The lowest BCUT2D eigenvalue weighted by atomic mass is 10.0. The van der Waals surface area contributed by atoms with E-state index in [9.17, 15) is 9.59 Å². The average Bonchev–Trinajstić information content (AvgIpc) is 2.85. The van der Waals surface area contributed by atoms with Gasteiger partial charge < -0.3 is 29.6 Å². The average molecular weight is 441 g/mol. The molecule has 0 saturated carbocycles. The number of amides is 2. The van der Waals surface area contributed by atoms with Crippen LogP contribution < -0.4 is 24.8 Å². The predicted octanol–water partition coefficient (Wildman–Crippen LogP) is 1.59. The molecule has 2 aliphatic rings. The minimum atomic E-state index is -0.739. The molecule has 1 atom stereocenters. The van der Waals surface area contributed by atoms with Crippen LogP contribution in [0.15, 0.2) is 42.5 Å². The van der Waals surface area contributed by atoms with Gasteiger partial charge in [-0.3, -0.25) is 14.5 Å². The second-order valence-electron chi connectivity index (χ2n) is 7.46. The molecule has 1 saturated heterocycles. The topological polar surface area (TPSA) is 98.4 Å². The summed E-state index contributed by atoms with van der Waals surface area (Å²) in [6.45, 7) is 3.97. The molecule has 2 heterocycles. The van der Waals surface area contributed by atoms with Gasteiger partial charge in [-0.05, 0) is 29.8 Å². The maximum absolute atomic E-state index is 12.5. The highest BCUT2D eigenvalue weighted by Crippen LogP contribution is 2.32. The number of benzene rings is 2. The largest absolute Gasteiger partial charge is 0.497 e. The molecule has 2 aromatic rings. The van der Waals surface area contributed by atoms with E-state index >= 15 is 0 Å². The van der Waals surface area contributed by atoms with Crippen molar-refractivity contribution < 1.29 is 28.5 Å². The van der Waals surface area contributed by atoms with Crippen LogP contribution in [0, 0.1) is 0 Å². The minimum absolute atomic E-state index is 0.0872. The van der Waals surface area contributed by atoms with Crippen LogP contribution in [-0.4, -0.2) is 69.9 Å². The molecule has 4 rings (SSSR count). The molecular formula is C23H27N3O6. The number of hydrogen-bond donors (Lipinski definition) is 2. The van der Waals surface area contributed by atoms with Crippen molar-refractivity contribution in [2.75, 3.05) is 58.5 Å². The van der Waals surface area contributed by atoms with E-state index in [0.29, 0.717) is 50.2 Å². The minimum Gasteiger partial charge on any atom is -0.497 e. The number of fused-ring (bicyclic) bond motifs is 1. The summed E-state index contributed by atoms with van der Waals surface area (Å²) in [6, 6.07) is 12.7. The van der Waals surface area contributed by atoms with Gasteiger partial charge in [-0.1, -0.05) is 12.1 Å². The van der Waals surface area contributed by atoms with Crippen LogP contribution >= 0.6 is 0 Å². The van der Waals surface area contributed by atoms with Crippen LogP contribution in [0.25, 0.3) is 0 Å². The van der Waals surface area contributed by atoms with Gasteiger partial charge in [0.15, 0.2) is 11.5 Å². The third-order valence-corrected chi connectivity index (χ3v) is 5.45. The first-order valence-electron chi connectivity index (χ1n) is 10.6. The van der Waals surface area contributed by atoms with Gasteiger partial charge in [-0.15, -0.1) is 0 Å². The molecule has 0 unspecified atom stereocenters. The van der Waals surface area contributed by atoms with E-state index in [1.807, 2.05) is 24.3 Å². The highest BCUT2D eigenvalue weighted by molar-refractivity contribution is 6.39. The van der Waals surface area contributed by atoms with E-state index in [-0.39, 0.29) is 6.04 Å². The fraction of sp³-hybridized carbons (Fsp3) is 0.391. The van der Waals surface area contributed by atoms with E-state index < -0.39 is 11.8 Å². The van der Waals surface area contributed by atoms with Gasteiger partial charge in [-0.2, -0.15) is 0 Å². The first-order chi connectivity index (χ1) is 15.6. The summed E-state index contributed by atoms with van der Waals surface area (Å²) in [5, 5.41) is 5.38. The fourth-order valence-electron chi connectivity index (χ4n) is 3.75. The maximum atomic E-state index is 12.5. The Morgan fingerprint density at radius 1 is 0.969 bits per heavy atom. The zero-order chi connectivity index (χ0) is 22.3. The second-order valence-corrected chi connectivity index (χ2v) is 7.46. The lowest BCUT2D eigenvalue weighted by Crippen LogP contribution is -2.45. The van der Waals surface area contributed by atoms with Gasteiger partial charge in [0.05, 0.1) is 26.4 Å². The van der Waals surface area contributed by atoms with Crippen molar-refractivity contribution in [3.63, 3.8) is 0 Å². The summed E-state index contributed by atoms with van der Waals surface area (Å²) < 4.78 is 21.7. The molecular weight excluding hydrogens is 414 g/mol. The third-order valence-electron chi connectivity index (χ3n) is 5.45. The number of anilines is 1. The summed E-state index contributed by atoms with van der Waals surface area (Å²) in [7, 11) is 1.62. The summed E-state index contributed by atoms with van der Waals surface area (Å²) in [4.78, 5) is 27.2. The van der Waals surface area contributed by atoms with Gasteiger partial charge >= 0.3 is 11.8 Å². The van der Waals surface area contributed by atoms with Crippen LogP contribution in [0.2, 0.25) is 0 Å². The van der Waals surface area contributed by atoms with Crippen LogP contribution in [0.4, 0.5) is 5.69 Å². The predicted molar refractivity (Wildman–Crippen MR) is 117 cm³/mol. The van der Waals surface area contributed by atoms with E-state index in [4.69, 9.17) is 18.9 Å². The molecule has 0 aliphatic carbocycles. The zero-order valence-electron chi connectivity index (χ0n) is 18.0. The number of carbonyl (C=O) groups excluding carboxylic acids is 2. The number of rotatable bonds is 6. The first-order valence-corrected chi connectivity index (χ1v) is 10.6. The highest BCUT2D eigenvalue weighted by Gasteiger charge is 2.25. The van der Waals surface area contributed by atoms with Crippen molar-refractivity contribution >= 4 is 17.5 Å². The van der Waals surface area contributed by atoms with Crippen LogP contribution in [-0.2, 0) is 14.3 Å². The Balaban J connectivity index is 1.39. The van der Waals surface area contributed by atoms with Crippen molar-refractivity contribution in [2.24, 2.45) is 0 Å². The Kier molecular flexibility index (Phi) is 7.08. The molecule has 2 aromatic carbocycles. The van der Waals surface area contributed by atoms with Crippen molar-refractivity contribution in [1.82, 2.24) is 10.2 Å². The molecule has 2 N–H and O–H groups in total. The molecule has 9 nitrogen and oxygen atoms in total. The number of ether oxygens (including phenoxy) is 4. The lowest BCUT2D eigenvalue weighted by Gasteiger charge is -2.34. The maximum Gasteiger partial charge on any atom is 0.313 e. The first kappa shape index (κ1) is 21.9. The van der Waals surface area contributed by atoms with Gasteiger partial charge in [0.25, 0.3) is 0 Å². The number of hydrogen-bond acceptors (Lipinski definition) is 7. The second kappa shape index (κ2) is 10.3. The molecule has 1 fully saturated rings. The smallest absolute Gasteiger partial charge is 0.313 e. The number of carbonyl (C=O) groups is 2. The van der Waals surface area contributed by atoms with Crippen molar-refractivity contribution in [2.45, 2.75) is 6.04 Å².